The normalized spacial score (nSPS) is 14.8. The van der Waals surface area contributed by atoms with Gasteiger partial charge in [0.2, 0.25) is 11.7 Å². The number of hydrogen-bond acceptors (Lipinski definition) is 6. The van der Waals surface area contributed by atoms with Gasteiger partial charge in [-0.1, -0.05) is 19.0 Å². The number of carbonyl (C=O) groups excluding carboxylic acids is 1. The Morgan fingerprint density at radius 2 is 1.91 bits per heavy atom. The Hall–Kier alpha value is -3.42. The highest BCUT2D eigenvalue weighted by Crippen LogP contribution is 2.22. The molecule has 8 nitrogen and oxygen atoms in total. The van der Waals surface area contributed by atoms with Gasteiger partial charge in [0.05, 0.1) is 6.61 Å². The van der Waals surface area contributed by atoms with Crippen LogP contribution in [0, 0.1) is 5.92 Å². The molecule has 0 N–H and O–H groups in total. The van der Waals surface area contributed by atoms with Crippen LogP contribution in [-0.2, 0) is 6.42 Å². The second-order valence-corrected chi connectivity index (χ2v) is 8.07. The Bertz CT molecular complexity index is 1010. The molecule has 3 heterocycles. The summed E-state index contributed by atoms with van der Waals surface area (Å²) in [4.78, 5) is 24.7. The predicted octanol–water partition coefficient (Wildman–Crippen LogP) is 4.43. The molecule has 1 fully saturated rings. The maximum Gasteiger partial charge on any atom is 0.324 e. The number of hydrogen-bond donors (Lipinski definition) is 0. The molecule has 1 atom stereocenters. The number of ether oxygens (including phenoxy) is 1. The van der Waals surface area contributed by atoms with E-state index in [4.69, 9.17) is 9.26 Å². The van der Waals surface area contributed by atoms with Crippen LogP contribution in [-0.4, -0.2) is 52.3 Å². The summed E-state index contributed by atoms with van der Waals surface area (Å²) in [5.74, 6) is 2.45. The van der Waals surface area contributed by atoms with Crippen molar-refractivity contribution in [1.82, 2.24) is 20.0 Å². The van der Waals surface area contributed by atoms with Crippen molar-refractivity contribution >= 4 is 11.7 Å². The van der Waals surface area contributed by atoms with E-state index < -0.39 is 0 Å². The molecule has 32 heavy (non-hydrogen) atoms. The zero-order valence-corrected chi connectivity index (χ0v) is 18.6. The van der Waals surface area contributed by atoms with Crippen molar-refractivity contribution in [3.8, 4) is 17.1 Å². The first-order valence-electron chi connectivity index (χ1n) is 11.2. The standard InChI is InChI=1S/C24H29N5O3/c1-3-22-26-23(27-32-22)19-6-8-21(9-7-19)31-17-18(2)5-4-14-28-15-16-29(24(28)30)20-10-12-25-13-11-20/h6-13,18H,3-5,14-17H2,1-2H3. The third kappa shape index (κ3) is 5.25. The van der Waals surface area contributed by atoms with Crippen molar-refractivity contribution in [2.75, 3.05) is 31.1 Å². The lowest BCUT2D eigenvalue weighted by Gasteiger charge is -2.19. The minimum atomic E-state index is 0.0767. The average molecular weight is 436 g/mol. The van der Waals surface area contributed by atoms with E-state index in [9.17, 15) is 4.79 Å². The molecule has 0 bridgehead atoms. The number of aryl methyl sites for hydroxylation is 1. The summed E-state index contributed by atoms with van der Waals surface area (Å²) >= 11 is 0. The van der Waals surface area contributed by atoms with Crippen LogP contribution >= 0.6 is 0 Å². The summed E-state index contributed by atoms with van der Waals surface area (Å²) in [5.41, 5.74) is 1.82. The number of urea groups is 1. The first kappa shape index (κ1) is 21.8. The van der Waals surface area contributed by atoms with Gasteiger partial charge in [-0.05, 0) is 55.2 Å². The Kier molecular flexibility index (Phi) is 6.99. The topological polar surface area (TPSA) is 84.6 Å². The molecule has 3 aromatic rings. The first-order chi connectivity index (χ1) is 15.6. The van der Waals surface area contributed by atoms with E-state index in [2.05, 4.69) is 22.0 Å². The molecular formula is C24H29N5O3. The van der Waals surface area contributed by atoms with E-state index in [1.807, 2.05) is 53.1 Å². The summed E-state index contributed by atoms with van der Waals surface area (Å²) in [6.07, 6.45) is 6.11. The van der Waals surface area contributed by atoms with Gasteiger partial charge in [0.1, 0.15) is 5.75 Å². The van der Waals surface area contributed by atoms with Gasteiger partial charge in [-0.25, -0.2) is 4.79 Å². The maximum atomic E-state index is 12.6. The van der Waals surface area contributed by atoms with Crippen LogP contribution in [0.4, 0.5) is 10.5 Å². The zero-order chi connectivity index (χ0) is 22.3. The number of aromatic nitrogens is 3. The van der Waals surface area contributed by atoms with Crippen LogP contribution < -0.4 is 9.64 Å². The summed E-state index contributed by atoms with van der Waals surface area (Å²) in [6, 6.07) is 11.6. The number of amides is 2. The fourth-order valence-corrected chi connectivity index (χ4v) is 3.72. The van der Waals surface area contributed by atoms with Crippen LogP contribution in [0.1, 0.15) is 32.6 Å². The quantitative estimate of drug-likeness (QED) is 0.468. The van der Waals surface area contributed by atoms with Crippen LogP contribution in [0.5, 0.6) is 5.75 Å². The highest BCUT2D eigenvalue weighted by molar-refractivity contribution is 5.93. The molecule has 1 aromatic carbocycles. The molecule has 0 aliphatic carbocycles. The first-order valence-corrected chi connectivity index (χ1v) is 11.2. The fraction of sp³-hybridized carbons (Fsp3) is 0.417. The molecule has 1 unspecified atom stereocenters. The second kappa shape index (κ2) is 10.3. The Morgan fingerprint density at radius 1 is 1.12 bits per heavy atom. The van der Waals surface area contributed by atoms with Gasteiger partial charge in [-0.2, -0.15) is 4.98 Å². The number of pyridine rings is 1. The van der Waals surface area contributed by atoms with Crippen LogP contribution in [0.3, 0.4) is 0 Å². The lowest BCUT2D eigenvalue weighted by atomic mass is 10.1. The highest BCUT2D eigenvalue weighted by Gasteiger charge is 2.28. The van der Waals surface area contributed by atoms with E-state index in [0.29, 0.717) is 24.2 Å². The molecule has 0 saturated carbocycles. The van der Waals surface area contributed by atoms with Crippen LogP contribution in [0.2, 0.25) is 0 Å². The van der Waals surface area contributed by atoms with Gasteiger partial charge in [-0.15, -0.1) is 0 Å². The molecule has 2 aromatic heterocycles. The van der Waals surface area contributed by atoms with E-state index in [1.54, 1.807) is 12.4 Å². The Labute approximate surface area is 188 Å². The smallest absolute Gasteiger partial charge is 0.324 e. The predicted molar refractivity (Wildman–Crippen MR) is 122 cm³/mol. The van der Waals surface area contributed by atoms with Crippen molar-refractivity contribution in [1.29, 1.82) is 0 Å². The van der Waals surface area contributed by atoms with Gasteiger partial charge in [0, 0.05) is 49.7 Å². The van der Waals surface area contributed by atoms with Crippen molar-refractivity contribution in [3.63, 3.8) is 0 Å². The van der Waals surface area contributed by atoms with Crippen molar-refractivity contribution in [2.24, 2.45) is 5.92 Å². The number of carbonyl (C=O) groups is 1. The number of nitrogens with zero attached hydrogens (tertiary/aromatic N) is 5. The molecule has 0 spiro atoms. The van der Waals surface area contributed by atoms with Crippen LogP contribution in [0.25, 0.3) is 11.4 Å². The number of benzene rings is 1. The lowest BCUT2D eigenvalue weighted by molar-refractivity contribution is 0.214. The fourth-order valence-electron chi connectivity index (χ4n) is 3.72. The van der Waals surface area contributed by atoms with Crippen molar-refractivity contribution < 1.29 is 14.1 Å². The monoisotopic (exact) mass is 435 g/mol. The molecule has 168 valence electrons. The molecule has 2 amide bonds. The Morgan fingerprint density at radius 3 is 2.62 bits per heavy atom. The molecule has 1 aliphatic heterocycles. The molecule has 1 aliphatic rings. The van der Waals surface area contributed by atoms with Crippen LogP contribution in [0.15, 0.2) is 53.3 Å². The minimum absolute atomic E-state index is 0.0767. The van der Waals surface area contributed by atoms with Gasteiger partial charge in [-0.3, -0.25) is 9.88 Å². The van der Waals surface area contributed by atoms with Gasteiger partial charge in [0.15, 0.2) is 0 Å². The zero-order valence-electron chi connectivity index (χ0n) is 18.6. The maximum absolute atomic E-state index is 12.6. The lowest BCUT2D eigenvalue weighted by Crippen LogP contribution is -2.32. The van der Waals surface area contributed by atoms with Crippen molar-refractivity contribution in [2.45, 2.75) is 33.1 Å². The van der Waals surface area contributed by atoms with E-state index in [-0.39, 0.29) is 6.03 Å². The number of rotatable bonds is 10. The molecule has 4 rings (SSSR count). The second-order valence-electron chi connectivity index (χ2n) is 8.07. The van der Waals surface area contributed by atoms with Crippen molar-refractivity contribution in [3.05, 3.63) is 54.7 Å². The summed E-state index contributed by atoms with van der Waals surface area (Å²) in [6.45, 7) is 7.05. The van der Waals surface area contributed by atoms with Gasteiger partial charge >= 0.3 is 6.03 Å². The van der Waals surface area contributed by atoms with E-state index >= 15 is 0 Å². The molecular weight excluding hydrogens is 406 g/mol. The van der Waals surface area contributed by atoms with Gasteiger partial charge in [0.25, 0.3) is 0 Å². The molecule has 8 heteroatoms. The summed E-state index contributed by atoms with van der Waals surface area (Å²) < 4.78 is 11.1. The largest absolute Gasteiger partial charge is 0.493 e. The van der Waals surface area contributed by atoms with E-state index in [0.717, 1.165) is 55.9 Å². The Balaban J connectivity index is 1.18. The summed E-state index contributed by atoms with van der Waals surface area (Å²) in [5, 5.41) is 3.99. The molecule has 0 radical (unpaired) electrons. The third-order valence-electron chi connectivity index (χ3n) is 5.61. The van der Waals surface area contributed by atoms with E-state index in [1.165, 1.54) is 0 Å². The average Bonchev–Trinajstić information content (AvgIpc) is 3.46. The molecule has 1 saturated heterocycles. The SMILES string of the molecule is CCc1nc(-c2ccc(OCC(C)CCCN3CCN(c4ccncc4)C3=O)cc2)no1. The third-order valence-corrected chi connectivity index (χ3v) is 5.61. The summed E-state index contributed by atoms with van der Waals surface area (Å²) in [7, 11) is 0. The highest BCUT2D eigenvalue weighted by atomic mass is 16.5. The van der Waals surface area contributed by atoms with Gasteiger partial charge < -0.3 is 14.2 Å². The minimum Gasteiger partial charge on any atom is -0.493 e. The number of anilines is 1.